The summed E-state index contributed by atoms with van der Waals surface area (Å²) in [6.45, 7) is 6.26. The van der Waals surface area contributed by atoms with Crippen LogP contribution in [0.3, 0.4) is 0 Å². The quantitative estimate of drug-likeness (QED) is 0.682. The van der Waals surface area contributed by atoms with Gasteiger partial charge in [0.25, 0.3) is 0 Å². The zero-order chi connectivity index (χ0) is 15.0. The fourth-order valence-corrected chi connectivity index (χ4v) is 2.09. The molecule has 0 aliphatic carbocycles. The van der Waals surface area contributed by atoms with Gasteiger partial charge in [0, 0.05) is 13.5 Å². The van der Waals surface area contributed by atoms with E-state index >= 15 is 0 Å². The first-order valence-corrected chi connectivity index (χ1v) is 7.36. The number of hydrogen-bond donors (Lipinski definition) is 0. The van der Waals surface area contributed by atoms with Crippen molar-refractivity contribution in [2.45, 2.75) is 40.0 Å². The molecule has 1 rings (SSSR count). The summed E-state index contributed by atoms with van der Waals surface area (Å²) in [5.41, 5.74) is 3.15. The van der Waals surface area contributed by atoms with Crippen LogP contribution in [-0.4, -0.2) is 18.5 Å². The van der Waals surface area contributed by atoms with Gasteiger partial charge in [0.2, 0.25) is 0 Å². The first-order chi connectivity index (χ1) is 9.62. The van der Waals surface area contributed by atoms with Crippen LogP contribution in [0.15, 0.2) is 47.0 Å². The SMILES string of the molecule is CCC(=O)C(/C=C(/Cc1ccccc1)C(C)CC)=NC. The predicted molar refractivity (Wildman–Crippen MR) is 86.3 cm³/mol. The zero-order valence-corrected chi connectivity index (χ0v) is 13.0. The third-order valence-corrected chi connectivity index (χ3v) is 3.67. The molecule has 0 heterocycles. The molecule has 20 heavy (non-hydrogen) atoms. The van der Waals surface area contributed by atoms with Crippen molar-refractivity contribution in [3.63, 3.8) is 0 Å². The molecule has 0 fully saturated rings. The van der Waals surface area contributed by atoms with Crippen molar-refractivity contribution >= 4 is 11.5 Å². The van der Waals surface area contributed by atoms with Gasteiger partial charge in [-0.1, -0.05) is 56.7 Å². The second-order valence-electron chi connectivity index (χ2n) is 5.08. The normalized spacial score (nSPS) is 14.2. The topological polar surface area (TPSA) is 29.4 Å². The number of nitrogens with zero attached hydrogens (tertiary/aromatic N) is 1. The number of ketones is 1. The highest BCUT2D eigenvalue weighted by atomic mass is 16.1. The molecule has 1 unspecified atom stereocenters. The molecule has 108 valence electrons. The molecule has 0 spiro atoms. The molecule has 2 heteroatoms. The lowest BCUT2D eigenvalue weighted by molar-refractivity contribution is -0.112. The molecular formula is C18H25NO. The number of allylic oxidation sites excluding steroid dienone is 2. The van der Waals surface area contributed by atoms with E-state index in [-0.39, 0.29) is 5.78 Å². The van der Waals surface area contributed by atoms with E-state index in [2.05, 4.69) is 43.1 Å². The molecule has 0 saturated heterocycles. The third kappa shape index (κ3) is 4.76. The van der Waals surface area contributed by atoms with Gasteiger partial charge in [-0.25, -0.2) is 0 Å². The van der Waals surface area contributed by atoms with Gasteiger partial charge in [-0.15, -0.1) is 0 Å². The van der Waals surface area contributed by atoms with Crippen LogP contribution in [0.2, 0.25) is 0 Å². The minimum absolute atomic E-state index is 0.112. The summed E-state index contributed by atoms with van der Waals surface area (Å²) in [5, 5.41) is 0. The Hall–Kier alpha value is -1.70. The molecule has 1 aromatic rings. The fraction of sp³-hybridized carbons (Fsp3) is 0.444. The number of hydrogen-bond acceptors (Lipinski definition) is 2. The van der Waals surface area contributed by atoms with Gasteiger partial charge in [0.05, 0.1) is 5.71 Å². The maximum absolute atomic E-state index is 11.9. The number of aliphatic imine (C=N–C) groups is 1. The van der Waals surface area contributed by atoms with E-state index in [0.717, 1.165) is 12.8 Å². The lowest BCUT2D eigenvalue weighted by Gasteiger charge is -2.15. The van der Waals surface area contributed by atoms with Crippen molar-refractivity contribution < 1.29 is 4.79 Å². The molecule has 0 aromatic heterocycles. The summed E-state index contributed by atoms with van der Waals surface area (Å²) < 4.78 is 0. The molecule has 0 aliphatic rings. The smallest absolute Gasteiger partial charge is 0.180 e. The Labute approximate surface area is 122 Å². The van der Waals surface area contributed by atoms with Crippen LogP contribution >= 0.6 is 0 Å². The van der Waals surface area contributed by atoms with Crippen molar-refractivity contribution in [3.05, 3.63) is 47.5 Å². The Morgan fingerprint density at radius 3 is 2.40 bits per heavy atom. The number of Topliss-reactive ketones (excluding diaryl/α,β-unsaturated/α-hetero) is 1. The lowest BCUT2D eigenvalue weighted by atomic mass is 9.90. The average Bonchev–Trinajstić information content (AvgIpc) is 2.50. The molecule has 0 saturated carbocycles. The zero-order valence-electron chi connectivity index (χ0n) is 13.0. The van der Waals surface area contributed by atoms with Gasteiger partial charge in [0.1, 0.15) is 0 Å². The molecule has 0 bridgehead atoms. The van der Waals surface area contributed by atoms with Crippen LogP contribution in [0.5, 0.6) is 0 Å². The van der Waals surface area contributed by atoms with Crippen LogP contribution in [0.4, 0.5) is 0 Å². The fourth-order valence-electron chi connectivity index (χ4n) is 2.09. The Balaban J connectivity index is 3.03. The molecule has 0 radical (unpaired) electrons. The van der Waals surface area contributed by atoms with Crippen molar-refractivity contribution in [2.24, 2.45) is 10.9 Å². The number of rotatable bonds is 7. The van der Waals surface area contributed by atoms with E-state index in [4.69, 9.17) is 0 Å². The average molecular weight is 271 g/mol. The van der Waals surface area contributed by atoms with E-state index in [1.165, 1.54) is 11.1 Å². The maximum Gasteiger partial charge on any atom is 0.180 e. The van der Waals surface area contributed by atoms with Gasteiger partial charge in [-0.3, -0.25) is 9.79 Å². The van der Waals surface area contributed by atoms with Crippen molar-refractivity contribution in [2.75, 3.05) is 7.05 Å². The molecule has 2 nitrogen and oxygen atoms in total. The monoisotopic (exact) mass is 271 g/mol. The van der Waals surface area contributed by atoms with Gasteiger partial charge >= 0.3 is 0 Å². The first-order valence-electron chi connectivity index (χ1n) is 7.36. The van der Waals surface area contributed by atoms with Crippen LogP contribution in [-0.2, 0) is 11.2 Å². The highest BCUT2D eigenvalue weighted by molar-refractivity contribution is 6.44. The van der Waals surface area contributed by atoms with Crippen LogP contribution in [0, 0.1) is 5.92 Å². The second-order valence-corrected chi connectivity index (χ2v) is 5.08. The summed E-state index contributed by atoms with van der Waals surface area (Å²) in [6.07, 6.45) is 4.44. The van der Waals surface area contributed by atoms with E-state index in [1.54, 1.807) is 7.05 Å². The third-order valence-electron chi connectivity index (χ3n) is 3.67. The Morgan fingerprint density at radius 1 is 1.25 bits per heavy atom. The molecule has 0 amide bonds. The summed E-state index contributed by atoms with van der Waals surface area (Å²) >= 11 is 0. The number of carbonyl (C=O) groups excluding carboxylic acids is 1. The van der Waals surface area contributed by atoms with Crippen molar-refractivity contribution in [1.82, 2.24) is 0 Å². The van der Waals surface area contributed by atoms with E-state index < -0.39 is 0 Å². The Morgan fingerprint density at radius 2 is 1.90 bits per heavy atom. The molecule has 0 N–H and O–H groups in total. The van der Waals surface area contributed by atoms with E-state index in [1.807, 2.05) is 19.1 Å². The highest BCUT2D eigenvalue weighted by Crippen LogP contribution is 2.20. The Bertz CT molecular complexity index is 485. The van der Waals surface area contributed by atoms with Crippen LogP contribution in [0.25, 0.3) is 0 Å². The highest BCUT2D eigenvalue weighted by Gasteiger charge is 2.12. The van der Waals surface area contributed by atoms with Crippen molar-refractivity contribution in [1.29, 1.82) is 0 Å². The summed E-state index contributed by atoms with van der Waals surface area (Å²) in [7, 11) is 1.69. The standard InChI is InChI=1S/C18H25NO/c1-5-14(3)16(12-15-10-8-7-9-11-15)13-17(19-4)18(20)6-2/h7-11,13-14H,5-6,12H2,1-4H3/b16-13-,19-17?. The second kappa shape index (κ2) is 8.47. The largest absolute Gasteiger partial charge is 0.292 e. The minimum Gasteiger partial charge on any atom is -0.292 e. The summed E-state index contributed by atoms with van der Waals surface area (Å²) in [6, 6.07) is 10.4. The van der Waals surface area contributed by atoms with Gasteiger partial charge in [0.15, 0.2) is 5.78 Å². The molecule has 1 aromatic carbocycles. The minimum atomic E-state index is 0.112. The van der Waals surface area contributed by atoms with Crippen molar-refractivity contribution in [3.8, 4) is 0 Å². The summed E-state index contributed by atoms with van der Waals surface area (Å²) in [4.78, 5) is 16.0. The van der Waals surface area contributed by atoms with E-state index in [9.17, 15) is 4.79 Å². The first kappa shape index (κ1) is 16.4. The molecule has 1 atom stereocenters. The van der Waals surface area contributed by atoms with Gasteiger partial charge in [-0.05, 0) is 30.4 Å². The van der Waals surface area contributed by atoms with E-state index in [0.29, 0.717) is 18.1 Å². The lowest BCUT2D eigenvalue weighted by Crippen LogP contribution is -2.13. The number of carbonyl (C=O) groups is 1. The maximum atomic E-state index is 11.9. The number of benzene rings is 1. The van der Waals surface area contributed by atoms with Gasteiger partial charge in [-0.2, -0.15) is 0 Å². The molecule has 0 aliphatic heterocycles. The summed E-state index contributed by atoms with van der Waals surface area (Å²) in [5.74, 6) is 0.568. The predicted octanol–water partition coefficient (Wildman–Crippen LogP) is 4.25. The molecular weight excluding hydrogens is 246 g/mol. The Kier molecular flexibility index (Phi) is 6.92. The van der Waals surface area contributed by atoms with Crippen LogP contribution < -0.4 is 0 Å². The van der Waals surface area contributed by atoms with Gasteiger partial charge < -0.3 is 0 Å². The van der Waals surface area contributed by atoms with Crippen LogP contribution in [0.1, 0.15) is 39.2 Å².